The summed E-state index contributed by atoms with van der Waals surface area (Å²) >= 11 is 0. The Labute approximate surface area is 123 Å². The Morgan fingerprint density at radius 1 is 1.30 bits per heavy atom. The Kier molecular flexibility index (Phi) is 5.03. The Morgan fingerprint density at radius 3 is 2.65 bits per heavy atom. The molecule has 0 amide bonds. The van der Waals surface area contributed by atoms with E-state index in [0.717, 1.165) is 43.6 Å². The summed E-state index contributed by atoms with van der Waals surface area (Å²) in [7, 11) is 0. The maximum absolute atomic E-state index is 5.87. The summed E-state index contributed by atoms with van der Waals surface area (Å²) in [5, 5.41) is 3.45. The molecule has 0 aliphatic heterocycles. The summed E-state index contributed by atoms with van der Waals surface area (Å²) in [5.41, 5.74) is 2.43. The third-order valence-corrected chi connectivity index (χ3v) is 3.55. The molecule has 1 heterocycles. The van der Waals surface area contributed by atoms with Crippen molar-refractivity contribution in [3.05, 3.63) is 23.4 Å². The predicted octanol–water partition coefficient (Wildman–Crippen LogP) is 3.67. The van der Waals surface area contributed by atoms with Crippen molar-refractivity contribution in [3.8, 4) is 5.88 Å². The number of rotatable bonds is 7. The maximum atomic E-state index is 5.87. The molecule has 1 saturated carbocycles. The molecule has 1 aliphatic carbocycles. The molecule has 1 N–H and O–H groups in total. The van der Waals surface area contributed by atoms with Crippen LogP contribution in [0.4, 0.5) is 0 Å². The lowest BCUT2D eigenvalue weighted by Crippen LogP contribution is -2.18. The van der Waals surface area contributed by atoms with Gasteiger partial charge in [-0.2, -0.15) is 0 Å². The number of nitrogens with zero attached hydrogens (tertiary/aromatic N) is 1. The largest absolute Gasteiger partial charge is 0.477 e. The zero-order valence-corrected chi connectivity index (χ0v) is 13.3. The second kappa shape index (κ2) is 6.57. The second-order valence-corrected chi connectivity index (χ2v) is 6.88. The van der Waals surface area contributed by atoms with Crippen LogP contribution in [0.25, 0.3) is 0 Å². The van der Waals surface area contributed by atoms with Crippen molar-refractivity contribution in [2.45, 2.75) is 58.9 Å². The summed E-state index contributed by atoms with van der Waals surface area (Å²) in [5.74, 6) is 1.55. The highest BCUT2D eigenvalue weighted by Crippen LogP contribution is 2.30. The van der Waals surface area contributed by atoms with E-state index in [2.05, 4.69) is 50.1 Å². The maximum Gasteiger partial charge on any atom is 0.213 e. The molecule has 1 aromatic heterocycles. The molecule has 1 aliphatic rings. The highest BCUT2D eigenvalue weighted by atomic mass is 16.5. The molecule has 0 bridgehead atoms. The van der Waals surface area contributed by atoms with Gasteiger partial charge in [0.2, 0.25) is 5.88 Å². The molecule has 2 rings (SSSR count). The van der Waals surface area contributed by atoms with E-state index in [1.165, 1.54) is 18.4 Å². The smallest absolute Gasteiger partial charge is 0.213 e. The first-order valence-electron chi connectivity index (χ1n) is 7.84. The van der Waals surface area contributed by atoms with Crippen LogP contribution >= 0.6 is 0 Å². The molecule has 1 aromatic rings. The van der Waals surface area contributed by atoms with Crippen molar-refractivity contribution in [2.75, 3.05) is 13.2 Å². The zero-order chi connectivity index (χ0) is 14.6. The molecule has 0 aromatic carbocycles. The van der Waals surface area contributed by atoms with Gasteiger partial charge in [0.15, 0.2) is 0 Å². The van der Waals surface area contributed by atoms with Gasteiger partial charge in [-0.1, -0.05) is 27.7 Å². The quantitative estimate of drug-likeness (QED) is 0.772. The first kappa shape index (κ1) is 15.3. The van der Waals surface area contributed by atoms with Gasteiger partial charge in [0.1, 0.15) is 0 Å². The normalized spacial score (nSPS) is 15.4. The molecule has 20 heavy (non-hydrogen) atoms. The summed E-state index contributed by atoms with van der Waals surface area (Å²) in [6.45, 7) is 11.5. The molecule has 0 saturated heterocycles. The number of nitrogens with one attached hydrogen (secondary N) is 1. The minimum atomic E-state index is 0.0540. The summed E-state index contributed by atoms with van der Waals surface area (Å²) in [4.78, 5) is 4.68. The number of pyridine rings is 1. The van der Waals surface area contributed by atoms with Crippen LogP contribution < -0.4 is 10.1 Å². The minimum Gasteiger partial charge on any atom is -0.477 e. The molecule has 1 fully saturated rings. The van der Waals surface area contributed by atoms with E-state index >= 15 is 0 Å². The van der Waals surface area contributed by atoms with Crippen LogP contribution in [0.5, 0.6) is 5.88 Å². The monoisotopic (exact) mass is 276 g/mol. The standard InChI is InChI=1S/C17H28N2O/c1-5-8-18-11-14-9-15(17(2,3)4)19-16(10-14)20-12-13-6-7-13/h9-10,13,18H,5-8,11-12H2,1-4H3. The van der Waals surface area contributed by atoms with Crippen LogP contribution in [0.3, 0.4) is 0 Å². The molecule has 112 valence electrons. The van der Waals surface area contributed by atoms with Crippen molar-refractivity contribution in [3.63, 3.8) is 0 Å². The summed E-state index contributed by atoms with van der Waals surface area (Å²) in [6, 6.07) is 4.28. The first-order valence-corrected chi connectivity index (χ1v) is 7.84. The van der Waals surface area contributed by atoms with Gasteiger partial charge >= 0.3 is 0 Å². The van der Waals surface area contributed by atoms with E-state index in [0.29, 0.717) is 0 Å². The first-order chi connectivity index (χ1) is 9.49. The molecule has 0 spiro atoms. The van der Waals surface area contributed by atoms with Crippen LogP contribution in [0.15, 0.2) is 12.1 Å². The SMILES string of the molecule is CCCNCc1cc(OCC2CC2)nc(C(C)(C)C)c1. The number of aromatic nitrogens is 1. The van der Waals surface area contributed by atoms with E-state index in [1.54, 1.807) is 0 Å². The summed E-state index contributed by atoms with van der Waals surface area (Å²) < 4.78 is 5.87. The molecule has 0 atom stereocenters. The molecule has 3 heteroatoms. The molecule has 0 unspecified atom stereocenters. The van der Waals surface area contributed by atoms with Crippen molar-refractivity contribution < 1.29 is 4.74 Å². The lowest BCUT2D eigenvalue weighted by atomic mass is 9.91. The van der Waals surface area contributed by atoms with Crippen molar-refractivity contribution in [1.82, 2.24) is 10.3 Å². The van der Waals surface area contributed by atoms with Gasteiger partial charge < -0.3 is 10.1 Å². The van der Waals surface area contributed by atoms with Crippen molar-refractivity contribution in [2.24, 2.45) is 5.92 Å². The Balaban J connectivity index is 2.09. The van der Waals surface area contributed by atoms with Crippen LogP contribution in [0.2, 0.25) is 0 Å². The van der Waals surface area contributed by atoms with E-state index < -0.39 is 0 Å². The molecular formula is C17H28N2O. The van der Waals surface area contributed by atoms with Gasteiger partial charge in [0, 0.05) is 18.0 Å². The minimum absolute atomic E-state index is 0.0540. The van der Waals surface area contributed by atoms with Crippen molar-refractivity contribution >= 4 is 0 Å². The average Bonchev–Trinajstić information content (AvgIpc) is 3.19. The Morgan fingerprint density at radius 2 is 2.05 bits per heavy atom. The Hall–Kier alpha value is -1.09. The fourth-order valence-corrected chi connectivity index (χ4v) is 2.02. The lowest BCUT2D eigenvalue weighted by molar-refractivity contribution is 0.286. The van der Waals surface area contributed by atoms with E-state index in [-0.39, 0.29) is 5.41 Å². The highest BCUT2D eigenvalue weighted by molar-refractivity contribution is 5.28. The molecule has 0 radical (unpaired) electrons. The van der Waals surface area contributed by atoms with Gasteiger partial charge in [-0.05, 0) is 43.4 Å². The van der Waals surface area contributed by atoms with Gasteiger partial charge in [-0.15, -0.1) is 0 Å². The van der Waals surface area contributed by atoms with E-state index in [4.69, 9.17) is 4.74 Å². The third-order valence-electron chi connectivity index (χ3n) is 3.55. The van der Waals surface area contributed by atoms with Crippen LogP contribution in [0.1, 0.15) is 58.2 Å². The number of ether oxygens (including phenoxy) is 1. The molecular weight excluding hydrogens is 248 g/mol. The van der Waals surface area contributed by atoms with Gasteiger partial charge in [0.25, 0.3) is 0 Å². The van der Waals surface area contributed by atoms with Gasteiger partial charge in [0.05, 0.1) is 12.3 Å². The van der Waals surface area contributed by atoms with Crippen LogP contribution in [-0.2, 0) is 12.0 Å². The van der Waals surface area contributed by atoms with Gasteiger partial charge in [-0.3, -0.25) is 0 Å². The topological polar surface area (TPSA) is 34.1 Å². The second-order valence-electron chi connectivity index (χ2n) is 6.88. The fourth-order valence-electron chi connectivity index (χ4n) is 2.02. The number of hydrogen-bond donors (Lipinski definition) is 1. The lowest BCUT2D eigenvalue weighted by Gasteiger charge is -2.20. The van der Waals surface area contributed by atoms with E-state index in [9.17, 15) is 0 Å². The highest BCUT2D eigenvalue weighted by Gasteiger charge is 2.23. The predicted molar refractivity (Wildman–Crippen MR) is 83.2 cm³/mol. The van der Waals surface area contributed by atoms with Crippen LogP contribution in [-0.4, -0.2) is 18.1 Å². The fraction of sp³-hybridized carbons (Fsp3) is 0.706. The summed E-state index contributed by atoms with van der Waals surface area (Å²) in [6.07, 6.45) is 3.77. The zero-order valence-electron chi connectivity index (χ0n) is 13.3. The van der Waals surface area contributed by atoms with E-state index in [1.807, 2.05) is 0 Å². The molecule has 3 nitrogen and oxygen atoms in total. The average molecular weight is 276 g/mol. The van der Waals surface area contributed by atoms with Crippen molar-refractivity contribution in [1.29, 1.82) is 0 Å². The van der Waals surface area contributed by atoms with Crippen LogP contribution in [0, 0.1) is 5.92 Å². The van der Waals surface area contributed by atoms with Gasteiger partial charge in [-0.25, -0.2) is 4.98 Å². The number of hydrogen-bond acceptors (Lipinski definition) is 3. The third kappa shape index (κ3) is 4.78. The Bertz CT molecular complexity index is 433.